The van der Waals surface area contributed by atoms with Gasteiger partial charge in [0.05, 0.1) is 7.11 Å². The molecule has 0 fully saturated rings. The van der Waals surface area contributed by atoms with Gasteiger partial charge in [-0.05, 0) is 20.4 Å². The van der Waals surface area contributed by atoms with E-state index in [0.717, 1.165) is 0 Å². The van der Waals surface area contributed by atoms with Gasteiger partial charge in [-0.25, -0.2) is 4.98 Å². The number of nitrogens with one attached hydrogen (secondary N) is 2. The number of thioether (sulfide) groups is 1. The summed E-state index contributed by atoms with van der Waals surface area (Å²) in [5.74, 6) is 0.372. The zero-order valence-electron chi connectivity index (χ0n) is 10.6. The van der Waals surface area contributed by atoms with E-state index in [0.29, 0.717) is 23.0 Å². The Morgan fingerprint density at radius 1 is 1.67 bits per heavy atom. The number of hydrogen-bond donors (Lipinski definition) is 2. The molecule has 1 heterocycles. The summed E-state index contributed by atoms with van der Waals surface area (Å²) in [6.07, 6.45) is 0.603. The van der Waals surface area contributed by atoms with Crippen LogP contribution in [0.4, 0.5) is 0 Å². The van der Waals surface area contributed by atoms with Crippen molar-refractivity contribution in [1.29, 1.82) is 0 Å². The van der Waals surface area contributed by atoms with Gasteiger partial charge >= 0.3 is 5.97 Å². The third-order valence-electron chi connectivity index (χ3n) is 2.33. The van der Waals surface area contributed by atoms with Crippen molar-refractivity contribution >= 4 is 17.7 Å². The topological polar surface area (TPSA) is 84.1 Å². The molecule has 18 heavy (non-hydrogen) atoms. The Morgan fingerprint density at radius 2 is 2.39 bits per heavy atom. The van der Waals surface area contributed by atoms with Crippen LogP contribution in [0.25, 0.3) is 0 Å². The van der Waals surface area contributed by atoms with Crippen LogP contribution in [0.1, 0.15) is 12.1 Å². The third-order valence-corrected chi connectivity index (χ3v) is 3.23. The predicted molar refractivity (Wildman–Crippen MR) is 69.8 cm³/mol. The highest BCUT2D eigenvalue weighted by Crippen LogP contribution is 2.13. The van der Waals surface area contributed by atoms with Crippen LogP contribution in [0.15, 0.2) is 16.0 Å². The number of hydrogen-bond acceptors (Lipinski definition) is 6. The monoisotopic (exact) mass is 271 g/mol. The molecule has 1 atom stereocenters. The summed E-state index contributed by atoms with van der Waals surface area (Å²) in [4.78, 5) is 29.4. The first-order valence-corrected chi connectivity index (χ1v) is 6.51. The molecule has 0 bridgehead atoms. The summed E-state index contributed by atoms with van der Waals surface area (Å²) < 4.78 is 4.66. The predicted octanol–water partition coefficient (Wildman–Crippen LogP) is 0.322. The maximum absolute atomic E-state index is 11.3. The second-order valence-electron chi connectivity index (χ2n) is 3.69. The van der Waals surface area contributed by atoms with E-state index >= 15 is 0 Å². The fourth-order valence-electron chi connectivity index (χ4n) is 1.42. The summed E-state index contributed by atoms with van der Waals surface area (Å²) in [5.41, 5.74) is 0.516. The lowest BCUT2D eigenvalue weighted by Crippen LogP contribution is -2.35. The largest absolute Gasteiger partial charge is 0.468 e. The van der Waals surface area contributed by atoms with Crippen molar-refractivity contribution in [2.45, 2.75) is 24.5 Å². The number of esters is 1. The Kier molecular flexibility index (Phi) is 5.87. The van der Waals surface area contributed by atoms with Gasteiger partial charge in [-0.3, -0.25) is 9.59 Å². The van der Waals surface area contributed by atoms with Gasteiger partial charge < -0.3 is 15.0 Å². The van der Waals surface area contributed by atoms with Gasteiger partial charge in [0.1, 0.15) is 6.04 Å². The maximum atomic E-state index is 11.3. The molecule has 1 aromatic rings. The second kappa shape index (κ2) is 7.17. The Bertz CT molecular complexity index is 461. The minimum atomic E-state index is -0.334. The van der Waals surface area contributed by atoms with Gasteiger partial charge in [-0.1, -0.05) is 11.8 Å². The van der Waals surface area contributed by atoms with E-state index in [9.17, 15) is 9.59 Å². The van der Waals surface area contributed by atoms with Crippen LogP contribution in [0.2, 0.25) is 0 Å². The number of aromatic amines is 1. The van der Waals surface area contributed by atoms with Crippen molar-refractivity contribution in [2.24, 2.45) is 0 Å². The molecule has 0 saturated heterocycles. The maximum Gasteiger partial charge on any atom is 0.322 e. The van der Waals surface area contributed by atoms with Crippen LogP contribution in [0.5, 0.6) is 0 Å². The molecular weight excluding hydrogens is 254 g/mol. The van der Waals surface area contributed by atoms with Crippen molar-refractivity contribution in [3.63, 3.8) is 0 Å². The number of likely N-dealkylation sites (N-methyl/N-ethyl adjacent to an activating group) is 1. The quantitative estimate of drug-likeness (QED) is 0.440. The van der Waals surface area contributed by atoms with Crippen LogP contribution in [0, 0.1) is 6.92 Å². The third kappa shape index (κ3) is 4.50. The van der Waals surface area contributed by atoms with E-state index in [1.165, 1.54) is 24.9 Å². The smallest absolute Gasteiger partial charge is 0.322 e. The van der Waals surface area contributed by atoms with E-state index in [2.05, 4.69) is 20.0 Å². The van der Waals surface area contributed by atoms with Crippen LogP contribution in [-0.4, -0.2) is 41.9 Å². The standard InChI is InChI=1S/C11H17N3O3S/c1-7-6-9(15)14-11(13-7)18-5-4-8(12-2)10(16)17-3/h6,8,12H,4-5H2,1-3H3,(H,13,14,15). The van der Waals surface area contributed by atoms with Crippen molar-refractivity contribution in [3.8, 4) is 0 Å². The van der Waals surface area contributed by atoms with E-state index in [4.69, 9.17) is 0 Å². The van der Waals surface area contributed by atoms with Gasteiger partial charge in [0.25, 0.3) is 5.56 Å². The summed E-state index contributed by atoms with van der Waals surface area (Å²) in [5, 5.41) is 3.45. The number of carbonyl (C=O) groups is 1. The van der Waals surface area contributed by atoms with Crippen LogP contribution in [-0.2, 0) is 9.53 Å². The molecule has 100 valence electrons. The minimum Gasteiger partial charge on any atom is -0.468 e. The number of nitrogens with zero attached hydrogens (tertiary/aromatic N) is 1. The van der Waals surface area contributed by atoms with Crippen LogP contribution in [0.3, 0.4) is 0 Å². The van der Waals surface area contributed by atoms with Crippen molar-refractivity contribution in [2.75, 3.05) is 19.9 Å². The molecule has 0 radical (unpaired) electrons. The van der Waals surface area contributed by atoms with E-state index in [1.807, 2.05) is 0 Å². The molecule has 2 N–H and O–H groups in total. The highest BCUT2D eigenvalue weighted by Gasteiger charge is 2.16. The average Bonchev–Trinajstić information content (AvgIpc) is 2.32. The molecule has 0 aliphatic heterocycles. The van der Waals surface area contributed by atoms with Gasteiger partial charge in [-0.2, -0.15) is 0 Å². The van der Waals surface area contributed by atoms with Gasteiger partial charge in [0.2, 0.25) is 0 Å². The first kappa shape index (κ1) is 14.7. The lowest BCUT2D eigenvalue weighted by Gasteiger charge is -2.12. The van der Waals surface area contributed by atoms with Crippen molar-refractivity contribution in [3.05, 3.63) is 22.1 Å². The number of H-pyrrole nitrogens is 1. The highest BCUT2D eigenvalue weighted by atomic mass is 32.2. The number of ether oxygens (including phenoxy) is 1. The molecule has 1 rings (SSSR count). The van der Waals surface area contributed by atoms with E-state index < -0.39 is 0 Å². The average molecular weight is 271 g/mol. The highest BCUT2D eigenvalue weighted by molar-refractivity contribution is 7.99. The lowest BCUT2D eigenvalue weighted by atomic mass is 10.2. The van der Waals surface area contributed by atoms with Crippen LogP contribution < -0.4 is 10.9 Å². The van der Waals surface area contributed by atoms with Gasteiger partial charge in [0.15, 0.2) is 5.16 Å². The van der Waals surface area contributed by atoms with Gasteiger partial charge in [0, 0.05) is 17.5 Å². The molecule has 6 nitrogen and oxygen atoms in total. The molecule has 0 aliphatic carbocycles. The molecule has 0 aliphatic rings. The second-order valence-corrected chi connectivity index (χ2v) is 4.78. The molecule has 0 saturated carbocycles. The number of aryl methyl sites for hydroxylation is 1. The fraction of sp³-hybridized carbons (Fsp3) is 0.545. The molecule has 7 heteroatoms. The Balaban J connectivity index is 2.50. The SMILES string of the molecule is CNC(CCSc1nc(C)cc(=O)[nH]1)C(=O)OC. The Morgan fingerprint density at radius 3 is 2.94 bits per heavy atom. The summed E-state index contributed by atoms with van der Waals surface area (Å²) in [6, 6.07) is 1.11. The van der Waals surface area contributed by atoms with E-state index in [1.54, 1.807) is 14.0 Å². The zero-order chi connectivity index (χ0) is 13.5. The first-order chi connectivity index (χ1) is 8.56. The molecule has 1 unspecified atom stereocenters. The first-order valence-electron chi connectivity index (χ1n) is 5.52. The zero-order valence-corrected chi connectivity index (χ0v) is 11.5. The molecule has 0 aromatic carbocycles. The minimum absolute atomic E-state index is 0.164. The summed E-state index contributed by atoms with van der Waals surface area (Å²) in [6.45, 7) is 1.77. The summed E-state index contributed by atoms with van der Waals surface area (Å²) >= 11 is 1.41. The number of rotatable bonds is 6. The fourth-order valence-corrected chi connectivity index (χ4v) is 2.34. The van der Waals surface area contributed by atoms with Crippen molar-refractivity contribution in [1.82, 2.24) is 15.3 Å². The van der Waals surface area contributed by atoms with E-state index in [-0.39, 0.29) is 17.6 Å². The number of methoxy groups -OCH3 is 1. The Labute approximate surface area is 110 Å². The molecule has 1 aromatic heterocycles. The molecule has 0 amide bonds. The summed E-state index contributed by atoms with van der Waals surface area (Å²) in [7, 11) is 3.07. The molecule has 0 spiro atoms. The normalized spacial score (nSPS) is 12.2. The number of aromatic nitrogens is 2. The van der Waals surface area contributed by atoms with Crippen molar-refractivity contribution < 1.29 is 9.53 Å². The number of carbonyl (C=O) groups excluding carboxylic acids is 1. The van der Waals surface area contributed by atoms with Crippen LogP contribution >= 0.6 is 11.8 Å². The molecular formula is C11H17N3O3S. The van der Waals surface area contributed by atoms with Gasteiger partial charge in [-0.15, -0.1) is 0 Å². The lowest BCUT2D eigenvalue weighted by molar-refractivity contribution is -0.143. The Hall–Kier alpha value is -1.34.